The molecule has 0 radical (unpaired) electrons. The van der Waals surface area contributed by atoms with Gasteiger partial charge in [0.25, 0.3) is 0 Å². The van der Waals surface area contributed by atoms with Crippen molar-refractivity contribution in [2.24, 2.45) is 11.8 Å². The Morgan fingerprint density at radius 3 is 2.65 bits per heavy atom. The number of aromatic nitrogens is 2. The zero-order valence-corrected chi connectivity index (χ0v) is 26.5. The second-order valence-electron chi connectivity index (χ2n) is 10.8. The molecule has 1 unspecified atom stereocenters. The van der Waals surface area contributed by atoms with Crippen LogP contribution in [0.3, 0.4) is 0 Å². The average Bonchev–Trinajstić information content (AvgIpc) is 3.81. The van der Waals surface area contributed by atoms with Crippen LogP contribution in [0.2, 0.25) is 0 Å². The molecule has 43 heavy (non-hydrogen) atoms. The van der Waals surface area contributed by atoms with Crippen LogP contribution >= 0.6 is 0 Å². The fraction of sp³-hybridized carbons (Fsp3) is 0.343. The quantitative estimate of drug-likeness (QED) is 0.215. The summed E-state index contributed by atoms with van der Waals surface area (Å²) >= 11 is 0. The number of anilines is 3. The van der Waals surface area contributed by atoms with Crippen LogP contribution in [-0.2, 0) is 11.2 Å². The van der Waals surface area contributed by atoms with Gasteiger partial charge in [-0.05, 0) is 80.7 Å². The third kappa shape index (κ3) is 10.7. The number of carbonyl (C=O) groups excluding carboxylic acids is 1. The first-order valence-electron chi connectivity index (χ1n) is 14.3. The molecule has 0 saturated heterocycles. The third-order valence-electron chi connectivity index (χ3n) is 7.19. The normalized spacial score (nSPS) is 15.2. The van der Waals surface area contributed by atoms with Crippen LogP contribution in [0.15, 0.2) is 67.4 Å². The van der Waals surface area contributed by atoms with E-state index in [9.17, 15) is 4.79 Å². The van der Waals surface area contributed by atoms with Crippen molar-refractivity contribution in [3.8, 4) is 5.75 Å². The summed E-state index contributed by atoms with van der Waals surface area (Å²) in [6.07, 6.45) is 12.7. The van der Waals surface area contributed by atoms with Gasteiger partial charge < -0.3 is 34.6 Å². The van der Waals surface area contributed by atoms with Crippen molar-refractivity contribution in [3.05, 3.63) is 105 Å². The molecule has 1 fully saturated rings. The summed E-state index contributed by atoms with van der Waals surface area (Å²) in [5, 5.41) is 5.97. The van der Waals surface area contributed by atoms with Gasteiger partial charge in [-0.1, -0.05) is 55.4 Å². The molecule has 3 aromatic rings. The first-order valence-corrected chi connectivity index (χ1v) is 14.3. The summed E-state index contributed by atoms with van der Waals surface area (Å²) in [7, 11) is 5.68. The largest absolute Gasteiger partial charge is 1.00 e. The van der Waals surface area contributed by atoms with E-state index in [1.165, 1.54) is 48.5 Å². The molecule has 8 heteroatoms. The van der Waals surface area contributed by atoms with Gasteiger partial charge in [0.2, 0.25) is 11.9 Å². The number of hydrogen-bond acceptors (Lipinski definition) is 6. The number of rotatable bonds is 10. The van der Waals surface area contributed by atoms with Crippen molar-refractivity contribution in [2.45, 2.75) is 38.5 Å². The maximum Gasteiger partial charge on any atom is 1.00 e. The van der Waals surface area contributed by atoms with Crippen LogP contribution in [0.5, 0.6) is 5.75 Å². The SMILES string of the molecule is C=CC(=O)Nc1[c-]cc(OC)c(Nc2nccc(C3=CC(CC4CC4)CCc4ccccc43)n2)c1.[CH2-]CCN(C)C.[CH3-].[Li+]. The van der Waals surface area contributed by atoms with E-state index >= 15 is 0 Å². The number of methoxy groups -OCH3 is 1. The maximum absolute atomic E-state index is 11.7. The minimum atomic E-state index is -0.310. The fourth-order valence-electron chi connectivity index (χ4n) is 4.95. The van der Waals surface area contributed by atoms with Crippen LogP contribution in [0.4, 0.5) is 17.3 Å². The number of amides is 1. The molecular weight excluding hydrogens is 529 g/mol. The van der Waals surface area contributed by atoms with Crippen LogP contribution in [0.1, 0.15) is 48.9 Å². The van der Waals surface area contributed by atoms with E-state index < -0.39 is 0 Å². The molecule has 2 N–H and O–H groups in total. The molecule has 1 aromatic heterocycles. The monoisotopic (exact) mass is 573 g/mol. The van der Waals surface area contributed by atoms with E-state index in [2.05, 4.69) is 70.4 Å². The molecule has 0 aliphatic heterocycles. The van der Waals surface area contributed by atoms with Gasteiger partial charge in [0.1, 0.15) is 0 Å². The number of hydrogen-bond donors (Lipinski definition) is 2. The molecule has 224 valence electrons. The number of carbonyl (C=O) groups is 1. The van der Waals surface area contributed by atoms with Crippen LogP contribution in [-0.4, -0.2) is 48.5 Å². The van der Waals surface area contributed by atoms with Crippen molar-refractivity contribution < 1.29 is 28.4 Å². The molecule has 1 saturated carbocycles. The smallest absolute Gasteiger partial charge is 0.552 e. The Morgan fingerprint density at radius 2 is 2.00 bits per heavy atom. The van der Waals surface area contributed by atoms with Gasteiger partial charge in [-0.3, -0.25) is 4.79 Å². The van der Waals surface area contributed by atoms with Gasteiger partial charge in [0.05, 0.1) is 12.8 Å². The predicted molar refractivity (Wildman–Crippen MR) is 174 cm³/mol. The summed E-state index contributed by atoms with van der Waals surface area (Å²) in [4.78, 5) is 23.2. The average molecular weight is 574 g/mol. The van der Waals surface area contributed by atoms with Gasteiger partial charge in [0, 0.05) is 17.5 Å². The Kier molecular flexibility index (Phi) is 14.7. The molecule has 0 spiro atoms. The molecule has 2 aromatic carbocycles. The van der Waals surface area contributed by atoms with Crippen molar-refractivity contribution in [1.82, 2.24) is 14.9 Å². The van der Waals surface area contributed by atoms with Crippen molar-refractivity contribution in [3.63, 3.8) is 0 Å². The van der Waals surface area contributed by atoms with Crippen molar-refractivity contribution in [2.75, 3.05) is 38.4 Å². The van der Waals surface area contributed by atoms with E-state index in [0.29, 0.717) is 29.0 Å². The molecule has 1 amide bonds. The summed E-state index contributed by atoms with van der Waals surface area (Å²) in [6.45, 7) is 8.27. The fourth-order valence-corrected chi connectivity index (χ4v) is 4.95. The topological polar surface area (TPSA) is 79.4 Å². The first kappa shape index (κ1) is 35.8. The van der Waals surface area contributed by atoms with Crippen LogP contribution in [0.25, 0.3) is 5.57 Å². The van der Waals surface area contributed by atoms with E-state index in [-0.39, 0.29) is 32.2 Å². The molecule has 1 atom stereocenters. The van der Waals surface area contributed by atoms with Crippen molar-refractivity contribution in [1.29, 1.82) is 0 Å². The summed E-state index contributed by atoms with van der Waals surface area (Å²) in [5.74, 6) is 2.14. The third-order valence-corrected chi connectivity index (χ3v) is 7.19. The number of fused-ring (bicyclic) bond motifs is 1. The Labute approximate surface area is 270 Å². The number of allylic oxidation sites excluding steroid dienone is 1. The summed E-state index contributed by atoms with van der Waals surface area (Å²) in [6, 6.07) is 17.0. The molecule has 7 nitrogen and oxygen atoms in total. The Bertz CT molecular complexity index is 1370. The van der Waals surface area contributed by atoms with Crippen LogP contribution < -0.4 is 34.2 Å². The molecule has 2 aliphatic rings. The summed E-state index contributed by atoms with van der Waals surface area (Å²) < 4.78 is 5.48. The number of benzene rings is 2. The molecule has 5 rings (SSSR count). The van der Waals surface area contributed by atoms with Gasteiger partial charge in [-0.2, -0.15) is 12.5 Å². The van der Waals surface area contributed by atoms with Gasteiger partial charge in [0.15, 0.2) is 0 Å². The van der Waals surface area contributed by atoms with E-state index in [4.69, 9.17) is 9.72 Å². The minimum absolute atomic E-state index is 0. The molecular formula is C35H44LiN5O2-2. The molecule has 1 heterocycles. The van der Waals surface area contributed by atoms with Crippen molar-refractivity contribution >= 4 is 28.8 Å². The summed E-state index contributed by atoms with van der Waals surface area (Å²) in [5.41, 5.74) is 5.80. The maximum atomic E-state index is 11.7. The second-order valence-corrected chi connectivity index (χ2v) is 10.8. The Balaban J connectivity index is 0.000000735. The number of nitrogens with one attached hydrogen (secondary N) is 2. The number of ether oxygens (including phenoxy) is 1. The van der Waals surface area contributed by atoms with E-state index in [1.807, 2.05) is 20.2 Å². The second kappa shape index (κ2) is 17.7. The predicted octanol–water partition coefficient (Wildman–Crippen LogP) is 4.17. The first-order chi connectivity index (χ1) is 19.9. The molecule has 2 aliphatic carbocycles. The van der Waals surface area contributed by atoms with Gasteiger partial charge in [-0.25, -0.2) is 9.97 Å². The zero-order valence-electron chi connectivity index (χ0n) is 26.5. The van der Waals surface area contributed by atoms with E-state index in [0.717, 1.165) is 31.0 Å². The Hall–Kier alpha value is -3.37. The molecule has 0 bridgehead atoms. The van der Waals surface area contributed by atoms with Gasteiger partial charge in [-0.15, -0.1) is 12.1 Å². The van der Waals surface area contributed by atoms with Crippen LogP contribution in [0, 0.1) is 32.3 Å². The standard InChI is InChI=1S/C29H29N4O2.C5H12N.CH3.Li/c1-3-28(34)31-22-12-13-27(35-2)26(18-22)33-29-30-15-14-25(32-29)24-17-20(16-19-8-9-19)10-11-21-6-4-5-7-23(21)24;1-4-5-6(2)3;;/h3-7,13-15,17-20H,1,8-11,16H2,2H3,(H,31,34)(H,30,32,33);1,4-5H2,2-3H3;1H3;/q3*-1;+1. The zero-order chi connectivity index (χ0) is 29.2. The Morgan fingerprint density at radius 1 is 1.23 bits per heavy atom. The van der Waals surface area contributed by atoms with E-state index in [1.54, 1.807) is 25.4 Å². The number of aryl methyl sites for hydroxylation is 1. The van der Waals surface area contributed by atoms with Gasteiger partial charge >= 0.3 is 18.9 Å². The number of nitrogens with zero attached hydrogens (tertiary/aromatic N) is 3. The minimum Gasteiger partial charge on any atom is -0.552 e.